The summed E-state index contributed by atoms with van der Waals surface area (Å²) in [5, 5.41) is 3.47. The minimum absolute atomic E-state index is 0.201. The van der Waals surface area contributed by atoms with Crippen LogP contribution in [0.2, 0.25) is 0 Å². The lowest BCUT2D eigenvalue weighted by Gasteiger charge is -2.34. The van der Waals surface area contributed by atoms with E-state index in [0.29, 0.717) is 18.6 Å². The fourth-order valence-corrected chi connectivity index (χ4v) is 2.03. The standard InChI is InChI=1S/C13H27N3O2/c1-10(9-14)15-11-5-7-16(8-6-11)12(17)18-13(2,3)4/h10-11,15H,5-9,14H2,1-4H3. The van der Waals surface area contributed by atoms with Crippen molar-refractivity contribution in [1.29, 1.82) is 0 Å². The van der Waals surface area contributed by atoms with Gasteiger partial charge in [0.15, 0.2) is 0 Å². The lowest BCUT2D eigenvalue weighted by atomic mass is 10.0. The first-order valence-corrected chi connectivity index (χ1v) is 6.76. The van der Waals surface area contributed by atoms with E-state index in [4.69, 9.17) is 10.5 Å². The van der Waals surface area contributed by atoms with E-state index in [1.807, 2.05) is 20.8 Å². The molecule has 1 atom stereocenters. The SMILES string of the molecule is CC(CN)NC1CCN(C(=O)OC(C)(C)C)CC1. The van der Waals surface area contributed by atoms with Crippen LogP contribution in [0.4, 0.5) is 4.79 Å². The molecule has 0 aromatic carbocycles. The molecule has 18 heavy (non-hydrogen) atoms. The van der Waals surface area contributed by atoms with Gasteiger partial charge in [-0.05, 0) is 40.5 Å². The van der Waals surface area contributed by atoms with Crippen molar-refractivity contribution in [2.24, 2.45) is 5.73 Å². The molecule has 0 aromatic heterocycles. The molecule has 1 aliphatic heterocycles. The van der Waals surface area contributed by atoms with Gasteiger partial charge < -0.3 is 20.7 Å². The van der Waals surface area contributed by atoms with Crippen LogP contribution in [0.3, 0.4) is 0 Å². The van der Waals surface area contributed by atoms with Gasteiger partial charge in [-0.1, -0.05) is 0 Å². The molecule has 1 amide bonds. The summed E-state index contributed by atoms with van der Waals surface area (Å²) in [6.07, 6.45) is 1.72. The van der Waals surface area contributed by atoms with E-state index in [2.05, 4.69) is 12.2 Å². The molecular weight excluding hydrogens is 230 g/mol. The fourth-order valence-electron chi connectivity index (χ4n) is 2.03. The lowest BCUT2D eigenvalue weighted by Crippen LogP contribution is -2.49. The predicted molar refractivity (Wildman–Crippen MR) is 72.5 cm³/mol. The first kappa shape index (κ1) is 15.2. The summed E-state index contributed by atoms with van der Waals surface area (Å²) in [5.74, 6) is 0. The molecular formula is C13H27N3O2. The minimum atomic E-state index is -0.416. The van der Waals surface area contributed by atoms with Crippen LogP contribution in [0.1, 0.15) is 40.5 Å². The monoisotopic (exact) mass is 257 g/mol. The molecule has 3 N–H and O–H groups in total. The van der Waals surface area contributed by atoms with E-state index < -0.39 is 5.60 Å². The largest absolute Gasteiger partial charge is 0.444 e. The molecule has 1 heterocycles. The molecule has 0 bridgehead atoms. The summed E-state index contributed by atoms with van der Waals surface area (Å²) in [5.41, 5.74) is 5.17. The Bertz CT molecular complexity index is 268. The number of hydrogen-bond donors (Lipinski definition) is 2. The lowest BCUT2D eigenvalue weighted by molar-refractivity contribution is 0.0196. The maximum absolute atomic E-state index is 11.9. The number of nitrogens with two attached hydrogens (primary N) is 1. The Morgan fingerprint density at radius 1 is 1.44 bits per heavy atom. The first-order valence-electron chi connectivity index (χ1n) is 6.76. The summed E-state index contributed by atoms with van der Waals surface area (Å²) in [4.78, 5) is 13.7. The summed E-state index contributed by atoms with van der Waals surface area (Å²) < 4.78 is 5.36. The molecule has 0 radical (unpaired) electrons. The van der Waals surface area contributed by atoms with Gasteiger partial charge in [-0.3, -0.25) is 0 Å². The molecule has 5 nitrogen and oxygen atoms in total. The topological polar surface area (TPSA) is 67.6 Å². The van der Waals surface area contributed by atoms with Crippen molar-refractivity contribution in [3.05, 3.63) is 0 Å². The van der Waals surface area contributed by atoms with E-state index in [1.165, 1.54) is 0 Å². The number of piperidine rings is 1. The Morgan fingerprint density at radius 3 is 2.44 bits per heavy atom. The Kier molecular flexibility index (Phi) is 5.41. The summed E-state index contributed by atoms with van der Waals surface area (Å²) in [6, 6.07) is 0.797. The molecule has 5 heteroatoms. The molecule has 0 spiro atoms. The molecule has 1 aliphatic rings. The Morgan fingerprint density at radius 2 is 2.00 bits per heavy atom. The van der Waals surface area contributed by atoms with Gasteiger partial charge >= 0.3 is 6.09 Å². The minimum Gasteiger partial charge on any atom is -0.444 e. The zero-order chi connectivity index (χ0) is 13.8. The van der Waals surface area contributed by atoms with Crippen molar-refractivity contribution in [3.63, 3.8) is 0 Å². The molecule has 0 aliphatic carbocycles. The number of rotatable bonds is 3. The number of ether oxygens (including phenoxy) is 1. The van der Waals surface area contributed by atoms with Crippen LogP contribution in [0, 0.1) is 0 Å². The highest BCUT2D eigenvalue weighted by molar-refractivity contribution is 5.68. The van der Waals surface area contributed by atoms with Crippen molar-refractivity contribution in [1.82, 2.24) is 10.2 Å². The van der Waals surface area contributed by atoms with Gasteiger partial charge in [0.2, 0.25) is 0 Å². The van der Waals surface area contributed by atoms with Crippen molar-refractivity contribution < 1.29 is 9.53 Å². The number of nitrogens with one attached hydrogen (secondary N) is 1. The summed E-state index contributed by atoms with van der Waals surface area (Å²) in [6.45, 7) is 9.91. The second-order valence-electron chi connectivity index (χ2n) is 6.05. The van der Waals surface area contributed by atoms with Crippen LogP contribution >= 0.6 is 0 Å². The van der Waals surface area contributed by atoms with Crippen molar-refractivity contribution in [3.8, 4) is 0 Å². The highest BCUT2D eigenvalue weighted by Crippen LogP contribution is 2.15. The van der Waals surface area contributed by atoms with Gasteiger partial charge in [0.1, 0.15) is 5.60 Å². The Hall–Kier alpha value is -0.810. The summed E-state index contributed by atoms with van der Waals surface area (Å²) >= 11 is 0. The van der Waals surface area contributed by atoms with Crippen LogP contribution in [-0.4, -0.2) is 48.3 Å². The molecule has 1 rings (SSSR count). The Labute approximate surface area is 110 Å². The third-order valence-corrected chi connectivity index (χ3v) is 3.02. The average molecular weight is 257 g/mol. The van der Waals surface area contributed by atoms with Crippen LogP contribution in [-0.2, 0) is 4.74 Å². The van der Waals surface area contributed by atoms with Crippen LogP contribution in [0.25, 0.3) is 0 Å². The quantitative estimate of drug-likeness (QED) is 0.800. The number of carbonyl (C=O) groups excluding carboxylic acids is 1. The van der Waals surface area contributed by atoms with Crippen LogP contribution in [0.15, 0.2) is 0 Å². The van der Waals surface area contributed by atoms with Crippen molar-refractivity contribution in [2.45, 2.75) is 58.2 Å². The van der Waals surface area contributed by atoms with Crippen molar-refractivity contribution in [2.75, 3.05) is 19.6 Å². The number of amides is 1. The molecule has 0 saturated carbocycles. The average Bonchev–Trinajstić information content (AvgIpc) is 2.27. The van der Waals surface area contributed by atoms with Gasteiger partial charge in [-0.15, -0.1) is 0 Å². The molecule has 106 valence electrons. The number of likely N-dealkylation sites (tertiary alicyclic amines) is 1. The highest BCUT2D eigenvalue weighted by atomic mass is 16.6. The second kappa shape index (κ2) is 6.38. The molecule has 0 aromatic rings. The van der Waals surface area contributed by atoms with E-state index in [1.54, 1.807) is 4.90 Å². The number of carbonyl (C=O) groups is 1. The van der Waals surface area contributed by atoms with Gasteiger partial charge in [-0.2, -0.15) is 0 Å². The van der Waals surface area contributed by atoms with Crippen LogP contribution < -0.4 is 11.1 Å². The summed E-state index contributed by atoms with van der Waals surface area (Å²) in [7, 11) is 0. The van der Waals surface area contributed by atoms with Gasteiger partial charge in [0.05, 0.1) is 0 Å². The smallest absolute Gasteiger partial charge is 0.410 e. The van der Waals surface area contributed by atoms with Crippen molar-refractivity contribution >= 4 is 6.09 Å². The zero-order valence-electron chi connectivity index (χ0n) is 12.0. The predicted octanol–water partition coefficient (Wildman–Crippen LogP) is 1.32. The third kappa shape index (κ3) is 5.23. The second-order valence-corrected chi connectivity index (χ2v) is 6.05. The normalized spacial score (nSPS) is 19.7. The zero-order valence-corrected chi connectivity index (χ0v) is 12.0. The van der Waals surface area contributed by atoms with E-state index in [-0.39, 0.29) is 6.09 Å². The van der Waals surface area contributed by atoms with E-state index in [0.717, 1.165) is 25.9 Å². The fraction of sp³-hybridized carbons (Fsp3) is 0.923. The van der Waals surface area contributed by atoms with Gasteiger partial charge in [0, 0.05) is 31.7 Å². The number of nitrogens with zero attached hydrogens (tertiary/aromatic N) is 1. The molecule has 1 saturated heterocycles. The van der Waals surface area contributed by atoms with Gasteiger partial charge in [0.25, 0.3) is 0 Å². The van der Waals surface area contributed by atoms with Gasteiger partial charge in [-0.25, -0.2) is 4.79 Å². The maximum Gasteiger partial charge on any atom is 0.410 e. The first-order chi connectivity index (χ1) is 8.31. The molecule has 1 unspecified atom stereocenters. The van der Waals surface area contributed by atoms with E-state index >= 15 is 0 Å². The highest BCUT2D eigenvalue weighted by Gasteiger charge is 2.26. The van der Waals surface area contributed by atoms with Crippen LogP contribution in [0.5, 0.6) is 0 Å². The Balaban J connectivity index is 2.33. The van der Waals surface area contributed by atoms with E-state index in [9.17, 15) is 4.79 Å². The maximum atomic E-state index is 11.9. The molecule has 1 fully saturated rings. The third-order valence-electron chi connectivity index (χ3n) is 3.02. The number of hydrogen-bond acceptors (Lipinski definition) is 4.